The van der Waals surface area contributed by atoms with E-state index in [2.05, 4.69) is 5.32 Å². The molecule has 21 heavy (non-hydrogen) atoms. The van der Waals surface area contributed by atoms with Gasteiger partial charge in [-0.05, 0) is 29.3 Å². The molecule has 2 aromatic carbocycles. The minimum absolute atomic E-state index is 0.0879. The van der Waals surface area contributed by atoms with Gasteiger partial charge in [-0.25, -0.2) is 8.78 Å². The third-order valence-electron chi connectivity index (χ3n) is 2.97. The van der Waals surface area contributed by atoms with Crippen molar-refractivity contribution in [1.82, 2.24) is 5.32 Å². The number of benzene rings is 2. The van der Waals surface area contributed by atoms with E-state index in [-0.39, 0.29) is 5.56 Å². The zero-order valence-corrected chi connectivity index (χ0v) is 11.5. The molecule has 110 valence electrons. The van der Waals surface area contributed by atoms with Crippen LogP contribution in [0.4, 0.5) is 8.78 Å². The molecule has 0 spiro atoms. The molecular weight excluding hydrogens is 276 g/mol. The SMILES string of the molecule is COCc1ccc(CNC(=O)c2ccc(F)c(F)c2)cc1. The van der Waals surface area contributed by atoms with Crippen LogP contribution in [-0.2, 0) is 17.9 Å². The van der Waals surface area contributed by atoms with Gasteiger partial charge in [0.1, 0.15) is 0 Å². The van der Waals surface area contributed by atoms with Crippen LogP contribution in [0.3, 0.4) is 0 Å². The van der Waals surface area contributed by atoms with Gasteiger partial charge in [0.05, 0.1) is 6.61 Å². The quantitative estimate of drug-likeness (QED) is 0.919. The van der Waals surface area contributed by atoms with Crippen LogP contribution in [0.15, 0.2) is 42.5 Å². The highest BCUT2D eigenvalue weighted by Gasteiger charge is 2.09. The Labute approximate surface area is 121 Å². The van der Waals surface area contributed by atoms with E-state index in [0.717, 1.165) is 23.3 Å². The molecular formula is C16H15F2NO2. The minimum Gasteiger partial charge on any atom is -0.380 e. The molecule has 0 aromatic heterocycles. The van der Waals surface area contributed by atoms with Crippen molar-refractivity contribution < 1.29 is 18.3 Å². The molecule has 0 aliphatic carbocycles. The second-order valence-electron chi connectivity index (χ2n) is 4.56. The number of amides is 1. The Bertz CT molecular complexity index is 627. The smallest absolute Gasteiger partial charge is 0.251 e. The van der Waals surface area contributed by atoms with Gasteiger partial charge in [0, 0.05) is 19.2 Å². The number of halogens is 2. The van der Waals surface area contributed by atoms with Gasteiger partial charge < -0.3 is 10.1 Å². The second-order valence-corrected chi connectivity index (χ2v) is 4.56. The largest absolute Gasteiger partial charge is 0.380 e. The lowest BCUT2D eigenvalue weighted by molar-refractivity contribution is 0.0950. The number of methoxy groups -OCH3 is 1. The lowest BCUT2D eigenvalue weighted by atomic mass is 10.1. The number of rotatable bonds is 5. The number of ether oxygens (including phenoxy) is 1. The maximum Gasteiger partial charge on any atom is 0.251 e. The van der Waals surface area contributed by atoms with Crippen LogP contribution in [0.5, 0.6) is 0 Å². The fraction of sp³-hybridized carbons (Fsp3) is 0.188. The van der Waals surface area contributed by atoms with E-state index in [4.69, 9.17) is 4.74 Å². The van der Waals surface area contributed by atoms with Crippen LogP contribution in [-0.4, -0.2) is 13.0 Å². The molecule has 5 heteroatoms. The van der Waals surface area contributed by atoms with Crippen LogP contribution in [0.25, 0.3) is 0 Å². The van der Waals surface area contributed by atoms with Crippen molar-refractivity contribution in [3.8, 4) is 0 Å². The average molecular weight is 291 g/mol. The minimum atomic E-state index is -1.04. The zero-order valence-electron chi connectivity index (χ0n) is 11.5. The molecule has 0 fully saturated rings. The van der Waals surface area contributed by atoms with Crippen molar-refractivity contribution >= 4 is 5.91 Å². The number of hydrogen-bond acceptors (Lipinski definition) is 2. The summed E-state index contributed by atoms with van der Waals surface area (Å²) < 4.78 is 30.9. The molecule has 0 heterocycles. The first kappa shape index (κ1) is 15.1. The highest BCUT2D eigenvalue weighted by Crippen LogP contribution is 2.09. The van der Waals surface area contributed by atoms with Gasteiger partial charge >= 0.3 is 0 Å². The molecule has 0 unspecified atom stereocenters. The first-order valence-electron chi connectivity index (χ1n) is 6.40. The zero-order chi connectivity index (χ0) is 15.2. The van der Waals surface area contributed by atoms with Crippen LogP contribution in [0, 0.1) is 11.6 Å². The summed E-state index contributed by atoms with van der Waals surface area (Å²) in [6.45, 7) is 0.840. The third kappa shape index (κ3) is 4.10. The number of nitrogens with one attached hydrogen (secondary N) is 1. The fourth-order valence-electron chi connectivity index (χ4n) is 1.84. The predicted octanol–water partition coefficient (Wildman–Crippen LogP) is 3.04. The Morgan fingerprint density at radius 2 is 1.71 bits per heavy atom. The molecule has 0 bridgehead atoms. The van der Waals surface area contributed by atoms with Gasteiger partial charge in [-0.1, -0.05) is 24.3 Å². The lowest BCUT2D eigenvalue weighted by Gasteiger charge is -2.07. The van der Waals surface area contributed by atoms with Crippen molar-refractivity contribution in [2.45, 2.75) is 13.2 Å². The van der Waals surface area contributed by atoms with E-state index in [1.807, 2.05) is 24.3 Å². The van der Waals surface area contributed by atoms with E-state index < -0.39 is 17.5 Å². The van der Waals surface area contributed by atoms with E-state index in [9.17, 15) is 13.6 Å². The standard InChI is InChI=1S/C16H15F2NO2/c1-21-10-12-4-2-11(3-5-12)9-19-16(20)13-6-7-14(17)15(18)8-13/h2-8H,9-10H2,1H3,(H,19,20). The maximum atomic E-state index is 13.1. The molecule has 0 saturated heterocycles. The van der Waals surface area contributed by atoms with Crippen molar-refractivity contribution in [1.29, 1.82) is 0 Å². The molecule has 1 N–H and O–H groups in total. The van der Waals surface area contributed by atoms with Gasteiger partial charge in [-0.2, -0.15) is 0 Å². The van der Waals surface area contributed by atoms with Crippen molar-refractivity contribution in [2.75, 3.05) is 7.11 Å². The number of hydrogen-bond donors (Lipinski definition) is 1. The Morgan fingerprint density at radius 1 is 1.05 bits per heavy atom. The summed E-state index contributed by atoms with van der Waals surface area (Å²) in [7, 11) is 1.62. The topological polar surface area (TPSA) is 38.3 Å². The Hall–Kier alpha value is -2.27. The summed E-state index contributed by atoms with van der Waals surface area (Å²) in [6.07, 6.45) is 0. The number of carbonyl (C=O) groups is 1. The van der Waals surface area contributed by atoms with Crippen molar-refractivity contribution in [2.24, 2.45) is 0 Å². The van der Waals surface area contributed by atoms with E-state index in [0.29, 0.717) is 13.2 Å². The molecule has 0 aliphatic heterocycles. The Balaban J connectivity index is 1.95. The van der Waals surface area contributed by atoms with Crippen molar-refractivity contribution in [3.63, 3.8) is 0 Å². The first-order chi connectivity index (χ1) is 10.1. The van der Waals surface area contributed by atoms with Crippen LogP contribution >= 0.6 is 0 Å². The third-order valence-corrected chi connectivity index (χ3v) is 2.97. The normalized spacial score (nSPS) is 10.4. The lowest BCUT2D eigenvalue weighted by Crippen LogP contribution is -2.23. The van der Waals surface area contributed by atoms with Crippen LogP contribution in [0.2, 0.25) is 0 Å². The van der Waals surface area contributed by atoms with Gasteiger partial charge in [-0.3, -0.25) is 4.79 Å². The maximum absolute atomic E-state index is 13.1. The summed E-state index contributed by atoms with van der Waals surface area (Å²) in [6, 6.07) is 10.6. The Morgan fingerprint density at radius 3 is 2.33 bits per heavy atom. The molecule has 1 amide bonds. The average Bonchev–Trinajstić information content (AvgIpc) is 2.49. The molecule has 0 aliphatic rings. The van der Waals surface area contributed by atoms with E-state index in [1.165, 1.54) is 6.07 Å². The first-order valence-corrected chi connectivity index (χ1v) is 6.40. The van der Waals surface area contributed by atoms with E-state index >= 15 is 0 Å². The predicted molar refractivity (Wildman–Crippen MR) is 74.7 cm³/mol. The molecule has 2 aromatic rings. The molecule has 3 nitrogen and oxygen atoms in total. The Kier molecular flexibility index (Phi) is 5.00. The highest BCUT2D eigenvalue weighted by molar-refractivity contribution is 5.94. The number of carbonyl (C=O) groups excluding carboxylic acids is 1. The summed E-state index contributed by atoms with van der Waals surface area (Å²) in [5.74, 6) is -2.46. The van der Waals surface area contributed by atoms with Gasteiger partial charge in [0.2, 0.25) is 0 Å². The fourth-order valence-corrected chi connectivity index (χ4v) is 1.84. The molecule has 2 rings (SSSR count). The van der Waals surface area contributed by atoms with Crippen molar-refractivity contribution in [3.05, 3.63) is 70.8 Å². The summed E-state index contributed by atoms with van der Waals surface area (Å²) in [4.78, 5) is 11.8. The van der Waals surface area contributed by atoms with Crippen LogP contribution in [0.1, 0.15) is 21.5 Å². The molecule has 0 atom stereocenters. The molecule has 0 saturated carbocycles. The van der Waals surface area contributed by atoms with E-state index in [1.54, 1.807) is 7.11 Å². The second kappa shape index (κ2) is 6.95. The summed E-state index contributed by atoms with van der Waals surface area (Å²) in [5.41, 5.74) is 2.03. The monoisotopic (exact) mass is 291 g/mol. The highest BCUT2D eigenvalue weighted by atomic mass is 19.2. The summed E-state index contributed by atoms with van der Waals surface area (Å²) >= 11 is 0. The van der Waals surface area contributed by atoms with Crippen LogP contribution < -0.4 is 5.32 Å². The van der Waals surface area contributed by atoms with Gasteiger partial charge in [-0.15, -0.1) is 0 Å². The molecule has 0 radical (unpaired) electrons. The van der Waals surface area contributed by atoms with Gasteiger partial charge in [0.25, 0.3) is 5.91 Å². The summed E-state index contributed by atoms with van der Waals surface area (Å²) in [5, 5.41) is 2.65. The van der Waals surface area contributed by atoms with Gasteiger partial charge in [0.15, 0.2) is 11.6 Å².